The summed E-state index contributed by atoms with van der Waals surface area (Å²) in [5.41, 5.74) is 1.28. The van der Waals surface area contributed by atoms with E-state index < -0.39 is 0 Å². The molecule has 1 N–H and O–H groups in total. The summed E-state index contributed by atoms with van der Waals surface area (Å²) in [5, 5.41) is 3.36. The number of hydrogen-bond acceptors (Lipinski definition) is 2. The zero-order valence-corrected chi connectivity index (χ0v) is 10.2. The van der Waals surface area contributed by atoms with Crippen LogP contribution in [-0.4, -0.2) is 19.2 Å². The molecule has 2 nitrogen and oxygen atoms in total. The highest BCUT2D eigenvalue weighted by molar-refractivity contribution is 5.26. The molecule has 0 spiro atoms. The summed E-state index contributed by atoms with van der Waals surface area (Å²) < 4.78 is 6.05. The minimum absolute atomic E-state index is 0.335. The first-order valence-corrected chi connectivity index (χ1v) is 6.20. The van der Waals surface area contributed by atoms with E-state index in [1.807, 2.05) is 7.05 Å². The molecule has 1 aliphatic carbocycles. The summed E-state index contributed by atoms with van der Waals surface area (Å²) in [5.74, 6) is 0.998. The third kappa shape index (κ3) is 2.76. The van der Waals surface area contributed by atoms with Gasteiger partial charge in [-0.15, -0.1) is 0 Å². The fourth-order valence-electron chi connectivity index (χ4n) is 2.36. The van der Waals surface area contributed by atoms with Crippen LogP contribution in [0.15, 0.2) is 24.3 Å². The Morgan fingerprint density at radius 2 is 1.81 bits per heavy atom. The summed E-state index contributed by atoms with van der Waals surface area (Å²) in [4.78, 5) is 0. The number of aryl methyl sites for hydroxylation is 1. The first kappa shape index (κ1) is 11.5. The summed E-state index contributed by atoms with van der Waals surface area (Å²) in [6.45, 7) is 2.10. The van der Waals surface area contributed by atoms with Crippen LogP contribution in [0.3, 0.4) is 0 Å². The second-order valence-corrected chi connectivity index (χ2v) is 4.65. The van der Waals surface area contributed by atoms with Gasteiger partial charge in [-0.2, -0.15) is 0 Å². The number of hydrogen-bond donors (Lipinski definition) is 1. The molecule has 2 heteroatoms. The Labute approximate surface area is 98.0 Å². The normalized spacial score (nSPS) is 25.4. The maximum absolute atomic E-state index is 6.05. The molecule has 0 radical (unpaired) electrons. The third-order valence-corrected chi connectivity index (χ3v) is 3.38. The number of rotatable bonds is 3. The number of ether oxygens (including phenoxy) is 1. The Bertz CT molecular complexity index is 320. The molecule has 0 unspecified atom stereocenters. The van der Waals surface area contributed by atoms with Crippen LogP contribution >= 0.6 is 0 Å². The van der Waals surface area contributed by atoms with Gasteiger partial charge in [0, 0.05) is 6.04 Å². The Morgan fingerprint density at radius 1 is 1.12 bits per heavy atom. The van der Waals surface area contributed by atoms with Crippen molar-refractivity contribution >= 4 is 0 Å². The average Bonchev–Trinajstić information content (AvgIpc) is 2.33. The number of nitrogens with one attached hydrogen (secondary N) is 1. The Kier molecular flexibility index (Phi) is 3.83. The maximum Gasteiger partial charge on any atom is 0.119 e. The lowest BCUT2D eigenvalue weighted by atomic mass is 9.92. The first-order valence-electron chi connectivity index (χ1n) is 6.20. The van der Waals surface area contributed by atoms with Gasteiger partial charge in [0.2, 0.25) is 0 Å². The first-order chi connectivity index (χ1) is 7.79. The van der Waals surface area contributed by atoms with Crippen molar-refractivity contribution in [3.05, 3.63) is 29.8 Å². The van der Waals surface area contributed by atoms with Crippen LogP contribution in [0.5, 0.6) is 5.75 Å². The van der Waals surface area contributed by atoms with E-state index in [0.29, 0.717) is 12.1 Å². The molecule has 0 aromatic heterocycles. The minimum Gasteiger partial charge on any atom is -0.489 e. The van der Waals surface area contributed by atoms with Gasteiger partial charge in [0.05, 0.1) is 0 Å². The lowest BCUT2D eigenvalue weighted by molar-refractivity contribution is 0.118. The van der Waals surface area contributed by atoms with Crippen LogP contribution in [0, 0.1) is 6.92 Å². The molecule has 0 bridgehead atoms. The van der Waals surface area contributed by atoms with Gasteiger partial charge >= 0.3 is 0 Å². The molecule has 1 aromatic carbocycles. The van der Waals surface area contributed by atoms with Gasteiger partial charge in [-0.3, -0.25) is 0 Å². The highest BCUT2D eigenvalue weighted by Crippen LogP contribution is 2.23. The van der Waals surface area contributed by atoms with Crippen molar-refractivity contribution < 1.29 is 4.74 Å². The SMILES string of the molecule is CN[C@@H]1CCCC[C@H]1Oc1ccc(C)cc1. The predicted octanol–water partition coefficient (Wildman–Crippen LogP) is 2.90. The maximum atomic E-state index is 6.05. The largest absolute Gasteiger partial charge is 0.489 e. The van der Waals surface area contributed by atoms with Crippen molar-refractivity contribution in [2.75, 3.05) is 7.05 Å². The van der Waals surface area contributed by atoms with E-state index in [0.717, 1.165) is 5.75 Å². The van der Waals surface area contributed by atoms with E-state index in [9.17, 15) is 0 Å². The molecule has 0 heterocycles. The second-order valence-electron chi connectivity index (χ2n) is 4.65. The van der Waals surface area contributed by atoms with Gasteiger partial charge in [-0.25, -0.2) is 0 Å². The van der Waals surface area contributed by atoms with E-state index >= 15 is 0 Å². The van der Waals surface area contributed by atoms with Crippen molar-refractivity contribution in [2.45, 2.75) is 44.8 Å². The van der Waals surface area contributed by atoms with Crippen molar-refractivity contribution in [3.8, 4) is 5.75 Å². The highest BCUT2D eigenvalue weighted by atomic mass is 16.5. The molecule has 1 saturated carbocycles. The van der Waals surface area contributed by atoms with Crippen LogP contribution < -0.4 is 10.1 Å². The van der Waals surface area contributed by atoms with Crippen molar-refractivity contribution in [1.29, 1.82) is 0 Å². The Balaban J connectivity index is 1.99. The monoisotopic (exact) mass is 219 g/mol. The summed E-state index contributed by atoms with van der Waals surface area (Å²) >= 11 is 0. The van der Waals surface area contributed by atoms with Crippen molar-refractivity contribution in [2.24, 2.45) is 0 Å². The molecule has 1 aromatic rings. The van der Waals surface area contributed by atoms with Crippen LogP contribution in [-0.2, 0) is 0 Å². The average molecular weight is 219 g/mol. The molecule has 1 fully saturated rings. The molecular weight excluding hydrogens is 198 g/mol. The summed E-state index contributed by atoms with van der Waals surface area (Å²) in [6.07, 6.45) is 5.34. The molecule has 0 saturated heterocycles. The summed E-state index contributed by atoms with van der Waals surface area (Å²) in [7, 11) is 2.03. The molecule has 1 aliphatic rings. The van der Waals surface area contributed by atoms with Crippen LogP contribution in [0.1, 0.15) is 31.2 Å². The van der Waals surface area contributed by atoms with Crippen molar-refractivity contribution in [3.63, 3.8) is 0 Å². The standard InChI is InChI=1S/C14H21NO/c1-11-7-9-12(10-8-11)16-14-6-4-3-5-13(14)15-2/h7-10,13-15H,3-6H2,1-2H3/t13-,14-/m1/s1. The fourth-order valence-corrected chi connectivity index (χ4v) is 2.36. The highest BCUT2D eigenvalue weighted by Gasteiger charge is 2.25. The molecule has 16 heavy (non-hydrogen) atoms. The fraction of sp³-hybridized carbons (Fsp3) is 0.571. The van der Waals surface area contributed by atoms with E-state index in [4.69, 9.17) is 4.74 Å². The van der Waals surface area contributed by atoms with E-state index in [2.05, 4.69) is 36.5 Å². The smallest absolute Gasteiger partial charge is 0.119 e. The molecule has 2 atom stereocenters. The quantitative estimate of drug-likeness (QED) is 0.844. The van der Waals surface area contributed by atoms with Crippen LogP contribution in [0.2, 0.25) is 0 Å². The molecule has 2 rings (SSSR count). The van der Waals surface area contributed by atoms with Gasteiger partial charge in [0.25, 0.3) is 0 Å². The predicted molar refractivity (Wildman–Crippen MR) is 66.9 cm³/mol. The van der Waals surface area contributed by atoms with Gasteiger partial charge in [0.15, 0.2) is 0 Å². The third-order valence-electron chi connectivity index (χ3n) is 3.38. The molecule has 0 amide bonds. The summed E-state index contributed by atoms with van der Waals surface area (Å²) in [6, 6.07) is 8.85. The number of benzene rings is 1. The lowest BCUT2D eigenvalue weighted by Gasteiger charge is -2.31. The zero-order chi connectivity index (χ0) is 11.4. The zero-order valence-electron chi connectivity index (χ0n) is 10.2. The van der Waals surface area contributed by atoms with Gasteiger partial charge in [-0.1, -0.05) is 24.1 Å². The van der Waals surface area contributed by atoms with Crippen LogP contribution in [0.25, 0.3) is 0 Å². The Morgan fingerprint density at radius 3 is 2.50 bits per heavy atom. The molecule has 88 valence electrons. The lowest BCUT2D eigenvalue weighted by Crippen LogP contribution is -2.43. The van der Waals surface area contributed by atoms with Gasteiger partial charge in [-0.05, 0) is 45.4 Å². The second kappa shape index (κ2) is 5.35. The van der Waals surface area contributed by atoms with Crippen LogP contribution in [0.4, 0.5) is 0 Å². The number of likely N-dealkylation sites (N-methyl/N-ethyl adjacent to an activating group) is 1. The van der Waals surface area contributed by atoms with E-state index in [1.165, 1.54) is 31.2 Å². The van der Waals surface area contributed by atoms with E-state index in [-0.39, 0.29) is 0 Å². The molecule has 0 aliphatic heterocycles. The molecular formula is C14H21NO. The van der Waals surface area contributed by atoms with Gasteiger partial charge in [0.1, 0.15) is 11.9 Å². The Hall–Kier alpha value is -1.02. The topological polar surface area (TPSA) is 21.3 Å². The minimum atomic E-state index is 0.335. The van der Waals surface area contributed by atoms with Gasteiger partial charge < -0.3 is 10.1 Å². The van der Waals surface area contributed by atoms with Crippen molar-refractivity contribution in [1.82, 2.24) is 5.32 Å². The van der Waals surface area contributed by atoms with E-state index in [1.54, 1.807) is 0 Å².